The second-order valence-corrected chi connectivity index (χ2v) is 6.15. The highest BCUT2D eigenvalue weighted by Gasteiger charge is 2.20. The summed E-state index contributed by atoms with van der Waals surface area (Å²) in [6.07, 6.45) is 9.18. The summed E-state index contributed by atoms with van der Waals surface area (Å²) in [7, 11) is 0. The maximum Gasteiger partial charge on any atom is 0.277 e. The first-order valence-electron chi connectivity index (χ1n) is 8.38. The molecule has 1 aliphatic rings. The van der Waals surface area contributed by atoms with Crippen LogP contribution in [-0.4, -0.2) is 25.7 Å². The SMILES string of the molecule is O=C(Nc1ccnn1C1CCCCC1)c1cnc2ccccc2n1. The van der Waals surface area contributed by atoms with Gasteiger partial charge in [0.2, 0.25) is 0 Å². The van der Waals surface area contributed by atoms with Gasteiger partial charge in [0.15, 0.2) is 0 Å². The molecule has 0 saturated heterocycles. The third-order valence-corrected chi connectivity index (χ3v) is 4.51. The number of amides is 1. The molecule has 0 radical (unpaired) electrons. The van der Waals surface area contributed by atoms with E-state index in [4.69, 9.17) is 0 Å². The van der Waals surface area contributed by atoms with Crippen LogP contribution >= 0.6 is 0 Å². The van der Waals surface area contributed by atoms with Crippen LogP contribution in [0.5, 0.6) is 0 Å². The van der Waals surface area contributed by atoms with E-state index in [9.17, 15) is 4.79 Å². The van der Waals surface area contributed by atoms with Gasteiger partial charge in [-0.1, -0.05) is 31.4 Å². The average Bonchev–Trinajstić information content (AvgIpc) is 3.10. The first kappa shape index (κ1) is 14.8. The molecule has 24 heavy (non-hydrogen) atoms. The smallest absolute Gasteiger partial charge is 0.277 e. The normalized spacial score (nSPS) is 15.5. The van der Waals surface area contributed by atoms with Gasteiger partial charge in [0.1, 0.15) is 11.5 Å². The van der Waals surface area contributed by atoms with Crippen LogP contribution in [0.4, 0.5) is 5.82 Å². The summed E-state index contributed by atoms with van der Waals surface area (Å²) in [4.78, 5) is 21.2. The van der Waals surface area contributed by atoms with E-state index in [-0.39, 0.29) is 5.91 Å². The molecule has 1 aliphatic carbocycles. The number of anilines is 1. The largest absolute Gasteiger partial charge is 0.305 e. The molecule has 0 bridgehead atoms. The molecule has 6 heteroatoms. The van der Waals surface area contributed by atoms with Crippen molar-refractivity contribution in [2.45, 2.75) is 38.1 Å². The van der Waals surface area contributed by atoms with Gasteiger partial charge in [-0.3, -0.25) is 9.78 Å². The first-order chi connectivity index (χ1) is 11.8. The van der Waals surface area contributed by atoms with E-state index in [1.165, 1.54) is 25.5 Å². The van der Waals surface area contributed by atoms with Crippen LogP contribution in [-0.2, 0) is 0 Å². The monoisotopic (exact) mass is 321 g/mol. The minimum absolute atomic E-state index is 0.259. The number of nitrogens with zero attached hydrogens (tertiary/aromatic N) is 4. The number of hydrogen-bond donors (Lipinski definition) is 1. The number of carbonyl (C=O) groups excluding carboxylic acids is 1. The first-order valence-corrected chi connectivity index (χ1v) is 8.38. The van der Waals surface area contributed by atoms with E-state index in [1.54, 1.807) is 6.20 Å². The number of benzene rings is 1. The van der Waals surface area contributed by atoms with Gasteiger partial charge in [0.05, 0.1) is 29.5 Å². The van der Waals surface area contributed by atoms with E-state index in [0.29, 0.717) is 17.3 Å². The maximum atomic E-state index is 12.5. The Morgan fingerprint density at radius 3 is 2.71 bits per heavy atom. The average molecular weight is 321 g/mol. The van der Waals surface area contributed by atoms with Gasteiger partial charge in [-0.2, -0.15) is 5.10 Å². The molecule has 2 aromatic heterocycles. The Hall–Kier alpha value is -2.76. The molecule has 1 fully saturated rings. The van der Waals surface area contributed by atoms with Gasteiger partial charge < -0.3 is 5.32 Å². The van der Waals surface area contributed by atoms with Gasteiger partial charge >= 0.3 is 0 Å². The van der Waals surface area contributed by atoms with Gasteiger partial charge in [-0.05, 0) is 25.0 Å². The zero-order valence-corrected chi connectivity index (χ0v) is 13.4. The third kappa shape index (κ3) is 2.87. The molecule has 4 rings (SSSR count). The van der Waals surface area contributed by atoms with Crippen LogP contribution in [0.15, 0.2) is 42.7 Å². The molecular weight excluding hydrogens is 302 g/mol. The number of nitrogens with one attached hydrogen (secondary N) is 1. The standard InChI is InChI=1S/C18H19N5O/c24-18(16-12-19-14-8-4-5-9-15(14)21-16)22-17-10-11-20-23(17)13-6-2-1-3-7-13/h4-5,8-13H,1-3,6-7H2,(H,22,24). The lowest BCUT2D eigenvalue weighted by Gasteiger charge is -2.23. The van der Waals surface area contributed by atoms with Crippen molar-refractivity contribution in [1.82, 2.24) is 19.7 Å². The summed E-state index contributed by atoms with van der Waals surface area (Å²) in [6, 6.07) is 9.72. The van der Waals surface area contributed by atoms with Gasteiger partial charge in [-0.15, -0.1) is 0 Å². The number of hydrogen-bond acceptors (Lipinski definition) is 4. The van der Waals surface area contributed by atoms with Crippen LogP contribution in [0.3, 0.4) is 0 Å². The summed E-state index contributed by atoms with van der Waals surface area (Å²) >= 11 is 0. The zero-order valence-electron chi connectivity index (χ0n) is 13.4. The highest BCUT2D eigenvalue weighted by Crippen LogP contribution is 2.30. The molecule has 0 unspecified atom stereocenters. The van der Waals surface area contributed by atoms with Crippen LogP contribution in [0.25, 0.3) is 11.0 Å². The zero-order chi connectivity index (χ0) is 16.4. The van der Waals surface area contributed by atoms with Crippen molar-refractivity contribution >= 4 is 22.8 Å². The van der Waals surface area contributed by atoms with E-state index < -0.39 is 0 Å². The molecular formula is C18H19N5O. The molecule has 1 N–H and O–H groups in total. The van der Waals surface area contributed by atoms with Crippen LogP contribution < -0.4 is 5.32 Å². The Kier molecular flexibility index (Phi) is 3.94. The highest BCUT2D eigenvalue weighted by atomic mass is 16.2. The summed E-state index contributed by atoms with van der Waals surface area (Å²) < 4.78 is 1.94. The summed E-state index contributed by atoms with van der Waals surface area (Å²) in [5.74, 6) is 0.465. The third-order valence-electron chi connectivity index (χ3n) is 4.51. The van der Waals surface area contributed by atoms with Crippen molar-refractivity contribution < 1.29 is 4.79 Å². The fraction of sp³-hybridized carbons (Fsp3) is 0.333. The lowest BCUT2D eigenvalue weighted by molar-refractivity contribution is 0.102. The molecule has 6 nitrogen and oxygen atoms in total. The number of carbonyl (C=O) groups is 1. The van der Waals surface area contributed by atoms with Gasteiger partial charge in [-0.25, -0.2) is 9.67 Å². The minimum Gasteiger partial charge on any atom is -0.305 e. The van der Waals surface area contributed by atoms with Crippen molar-refractivity contribution in [3.05, 3.63) is 48.4 Å². The Labute approximate surface area is 139 Å². The minimum atomic E-state index is -0.259. The van der Waals surface area contributed by atoms with E-state index in [0.717, 1.165) is 24.2 Å². The van der Waals surface area contributed by atoms with Crippen molar-refractivity contribution in [2.24, 2.45) is 0 Å². The molecule has 1 saturated carbocycles. The molecule has 2 heterocycles. The second kappa shape index (κ2) is 6.39. The Morgan fingerprint density at radius 1 is 1.08 bits per heavy atom. The van der Waals surface area contributed by atoms with Crippen molar-refractivity contribution in [1.29, 1.82) is 0 Å². The molecule has 0 atom stereocenters. The molecule has 1 aromatic carbocycles. The maximum absolute atomic E-state index is 12.5. The van der Waals surface area contributed by atoms with Crippen molar-refractivity contribution in [2.75, 3.05) is 5.32 Å². The van der Waals surface area contributed by atoms with Gasteiger partial charge in [0.25, 0.3) is 5.91 Å². The summed E-state index contributed by atoms with van der Waals surface area (Å²) in [5.41, 5.74) is 1.80. The highest BCUT2D eigenvalue weighted by molar-refractivity contribution is 6.03. The van der Waals surface area contributed by atoms with Crippen molar-refractivity contribution in [3.63, 3.8) is 0 Å². The van der Waals surface area contributed by atoms with Gasteiger partial charge in [0, 0.05) is 6.07 Å². The number of fused-ring (bicyclic) bond motifs is 1. The second-order valence-electron chi connectivity index (χ2n) is 6.15. The number of rotatable bonds is 3. The van der Waals surface area contributed by atoms with E-state index >= 15 is 0 Å². The number of aromatic nitrogens is 4. The van der Waals surface area contributed by atoms with E-state index in [2.05, 4.69) is 20.4 Å². The summed E-state index contributed by atoms with van der Waals surface area (Å²) in [6.45, 7) is 0. The van der Waals surface area contributed by atoms with Crippen LogP contribution in [0.1, 0.15) is 48.6 Å². The fourth-order valence-electron chi connectivity index (χ4n) is 3.28. The van der Waals surface area contributed by atoms with Crippen molar-refractivity contribution in [3.8, 4) is 0 Å². The quantitative estimate of drug-likeness (QED) is 0.800. The van der Waals surface area contributed by atoms with E-state index in [1.807, 2.05) is 35.0 Å². The predicted octanol–water partition coefficient (Wildman–Crippen LogP) is 3.58. The molecule has 0 aliphatic heterocycles. The molecule has 1 amide bonds. The Morgan fingerprint density at radius 2 is 1.88 bits per heavy atom. The molecule has 0 spiro atoms. The lowest BCUT2D eigenvalue weighted by Crippen LogP contribution is -2.21. The Balaban J connectivity index is 1.56. The van der Waals surface area contributed by atoms with Crippen LogP contribution in [0.2, 0.25) is 0 Å². The lowest BCUT2D eigenvalue weighted by atomic mass is 9.96. The molecule has 3 aromatic rings. The van der Waals surface area contributed by atoms with Crippen LogP contribution in [0, 0.1) is 0 Å². The topological polar surface area (TPSA) is 72.7 Å². The summed E-state index contributed by atoms with van der Waals surface area (Å²) in [5, 5.41) is 7.33. The number of para-hydroxylation sites is 2. The Bertz CT molecular complexity index is 866. The molecule has 122 valence electrons. The predicted molar refractivity (Wildman–Crippen MR) is 91.8 cm³/mol. The fourth-order valence-corrected chi connectivity index (χ4v) is 3.28.